The zero-order valence-corrected chi connectivity index (χ0v) is 12.7. The van der Waals surface area contributed by atoms with Crippen molar-refractivity contribution in [2.24, 2.45) is 0 Å². The lowest BCUT2D eigenvalue weighted by Crippen LogP contribution is -2.17. The molecule has 0 aliphatic heterocycles. The van der Waals surface area contributed by atoms with Crippen LogP contribution >= 0.6 is 11.6 Å². The average Bonchev–Trinajstić information content (AvgIpc) is 3.01. The van der Waals surface area contributed by atoms with E-state index in [-0.39, 0.29) is 5.03 Å². The summed E-state index contributed by atoms with van der Waals surface area (Å²) < 4.78 is 28.8. The molecule has 0 fully saturated rings. The molecular formula is C13H10ClN5O2S. The first-order valence-electron chi connectivity index (χ1n) is 6.13. The Labute approximate surface area is 131 Å². The van der Waals surface area contributed by atoms with Crippen LogP contribution in [0.25, 0.3) is 5.82 Å². The van der Waals surface area contributed by atoms with Crippen molar-refractivity contribution in [2.75, 3.05) is 4.72 Å². The van der Waals surface area contributed by atoms with E-state index >= 15 is 0 Å². The largest absolute Gasteiger partial charge is 0.279 e. The fourth-order valence-corrected chi connectivity index (χ4v) is 3.07. The van der Waals surface area contributed by atoms with E-state index in [9.17, 15) is 8.42 Å². The summed E-state index contributed by atoms with van der Waals surface area (Å²) >= 11 is 5.78. The number of halogens is 1. The molecule has 22 heavy (non-hydrogen) atoms. The number of hydrogen-bond donors (Lipinski definition) is 1. The number of anilines is 1. The van der Waals surface area contributed by atoms with E-state index in [1.807, 2.05) is 0 Å². The summed E-state index contributed by atoms with van der Waals surface area (Å²) in [6.45, 7) is 0. The predicted octanol–water partition coefficient (Wildman–Crippen LogP) is 2.12. The maximum absolute atomic E-state index is 12.5. The summed E-state index contributed by atoms with van der Waals surface area (Å²) in [6, 6.07) is 6.34. The summed E-state index contributed by atoms with van der Waals surface area (Å²) in [4.78, 5) is 11.9. The Morgan fingerprint density at radius 3 is 2.50 bits per heavy atom. The molecule has 0 atom stereocenters. The molecule has 7 nitrogen and oxygen atoms in total. The zero-order valence-electron chi connectivity index (χ0n) is 11.1. The van der Waals surface area contributed by atoms with Gasteiger partial charge in [0.1, 0.15) is 6.33 Å². The highest BCUT2D eigenvalue weighted by molar-refractivity contribution is 7.92. The quantitative estimate of drug-likeness (QED) is 0.788. The minimum Gasteiger partial charge on any atom is -0.278 e. The smallest absolute Gasteiger partial charge is 0.278 e. The van der Waals surface area contributed by atoms with Crippen LogP contribution in [0.5, 0.6) is 0 Å². The molecule has 9 heteroatoms. The van der Waals surface area contributed by atoms with Crippen LogP contribution in [0.1, 0.15) is 0 Å². The molecule has 2 heterocycles. The third-order valence-electron chi connectivity index (χ3n) is 2.77. The van der Waals surface area contributed by atoms with Gasteiger partial charge in [-0.3, -0.25) is 14.3 Å². The van der Waals surface area contributed by atoms with E-state index in [1.54, 1.807) is 24.3 Å². The van der Waals surface area contributed by atoms with E-state index in [2.05, 4.69) is 19.7 Å². The van der Waals surface area contributed by atoms with Crippen LogP contribution < -0.4 is 4.72 Å². The van der Waals surface area contributed by atoms with Crippen LogP contribution in [0.4, 0.5) is 5.69 Å². The number of imidazole rings is 1. The van der Waals surface area contributed by atoms with Crippen LogP contribution in [-0.2, 0) is 10.0 Å². The fraction of sp³-hybridized carbons (Fsp3) is 0. The van der Waals surface area contributed by atoms with Gasteiger partial charge in [0.15, 0.2) is 10.8 Å². The summed E-state index contributed by atoms with van der Waals surface area (Å²) in [5, 5.41) is 0.482. The van der Waals surface area contributed by atoms with E-state index in [0.29, 0.717) is 16.5 Å². The van der Waals surface area contributed by atoms with Gasteiger partial charge in [-0.2, -0.15) is 8.42 Å². The molecule has 0 unspecified atom stereocenters. The van der Waals surface area contributed by atoms with Gasteiger partial charge in [-0.25, -0.2) is 9.97 Å². The van der Waals surface area contributed by atoms with E-state index < -0.39 is 10.0 Å². The maximum Gasteiger partial charge on any atom is 0.279 e. The Morgan fingerprint density at radius 1 is 1.05 bits per heavy atom. The number of nitrogens with zero attached hydrogens (tertiary/aromatic N) is 4. The Balaban J connectivity index is 1.97. The van der Waals surface area contributed by atoms with Crippen molar-refractivity contribution in [3.05, 3.63) is 60.4 Å². The predicted molar refractivity (Wildman–Crippen MR) is 81.4 cm³/mol. The number of sulfonamides is 1. The van der Waals surface area contributed by atoms with Gasteiger partial charge in [-0.15, -0.1) is 0 Å². The van der Waals surface area contributed by atoms with Crippen LogP contribution in [0.3, 0.4) is 0 Å². The monoisotopic (exact) mass is 335 g/mol. The van der Waals surface area contributed by atoms with Gasteiger partial charge in [0, 0.05) is 23.1 Å². The number of benzene rings is 1. The third kappa shape index (κ3) is 2.92. The maximum atomic E-state index is 12.5. The second-order valence-electron chi connectivity index (χ2n) is 4.28. The number of rotatable bonds is 4. The van der Waals surface area contributed by atoms with E-state index in [4.69, 9.17) is 11.6 Å². The number of aromatic nitrogens is 4. The topological polar surface area (TPSA) is 89.8 Å². The first kappa shape index (κ1) is 14.5. The SMILES string of the molecule is O=S(=O)(Nc1ccc(Cl)cc1)c1cncn1-c1cnccn1. The van der Waals surface area contributed by atoms with Gasteiger partial charge in [-0.1, -0.05) is 11.6 Å². The number of hydrogen-bond acceptors (Lipinski definition) is 5. The van der Waals surface area contributed by atoms with Crippen molar-refractivity contribution >= 4 is 27.3 Å². The molecule has 0 radical (unpaired) electrons. The molecule has 2 aromatic heterocycles. The van der Waals surface area contributed by atoms with Crippen molar-refractivity contribution < 1.29 is 8.42 Å². The summed E-state index contributed by atoms with van der Waals surface area (Å²) in [7, 11) is -3.82. The summed E-state index contributed by atoms with van der Waals surface area (Å²) in [5.74, 6) is 0.358. The van der Waals surface area contributed by atoms with Crippen molar-refractivity contribution in [3.63, 3.8) is 0 Å². The Bertz CT molecular complexity index is 878. The van der Waals surface area contributed by atoms with Crippen molar-refractivity contribution in [1.29, 1.82) is 0 Å². The summed E-state index contributed by atoms with van der Waals surface area (Å²) in [5.41, 5.74) is 0.399. The standard InChI is InChI=1S/C13H10ClN5O2S/c14-10-1-3-11(4-2-10)18-22(20,21)13-8-16-9-19(13)12-7-15-5-6-17-12/h1-9,18H. The van der Waals surface area contributed by atoms with Crippen LogP contribution in [-0.4, -0.2) is 27.9 Å². The van der Waals surface area contributed by atoms with Crippen molar-refractivity contribution in [2.45, 2.75) is 5.03 Å². The van der Waals surface area contributed by atoms with Crippen LogP contribution in [0, 0.1) is 0 Å². The van der Waals surface area contributed by atoms with Gasteiger partial charge >= 0.3 is 0 Å². The highest BCUT2D eigenvalue weighted by Crippen LogP contribution is 2.19. The Hall–Kier alpha value is -2.45. The summed E-state index contributed by atoms with van der Waals surface area (Å²) in [6.07, 6.45) is 7.02. The Kier molecular flexibility index (Phi) is 3.78. The lowest BCUT2D eigenvalue weighted by Gasteiger charge is -2.10. The van der Waals surface area contributed by atoms with Gasteiger partial charge in [0.25, 0.3) is 10.0 Å². The molecule has 112 valence electrons. The zero-order chi connectivity index (χ0) is 15.6. The van der Waals surface area contributed by atoms with Crippen LogP contribution in [0.15, 0.2) is 60.4 Å². The van der Waals surface area contributed by atoms with Crippen molar-refractivity contribution in [3.8, 4) is 5.82 Å². The fourth-order valence-electron chi connectivity index (χ4n) is 1.79. The molecule has 0 saturated heterocycles. The van der Waals surface area contributed by atoms with Gasteiger partial charge < -0.3 is 0 Å². The van der Waals surface area contributed by atoms with Gasteiger partial charge in [0.2, 0.25) is 0 Å². The molecule has 1 aromatic carbocycles. The number of nitrogens with one attached hydrogen (secondary N) is 1. The minimum absolute atomic E-state index is 0.0389. The third-order valence-corrected chi connectivity index (χ3v) is 4.38. The molecule has 3 aromatic rings. The molecule has 0 amide bonds. The lowest BCUT2D eigenvalue weighted by atomic mass is 10.3. The van der Waals surface area contributed by atoms with Crippen molar-refractivity contribution in [1.82, 2.24) is 19.5 Å². The highest BCUT2D eigenvalue weighted by atomic mass is 35.5. The Morgan fingerprint density at radius 2 is 1.82 bits per heavy atom. The molecule has 0 aliphatic carbocycles. The molecular weight excluding hydrogens is 326 g/mol. The highest BCUT2D eigenvalue weighted by Gasteiger charge is 2.20. The second kappa shape index (κ2) is 5.74. The normalized spacial score (nSPS) is 11.3. The lowest BCUT2D eigenvalue weighted by molar-refractivity contribution is 0.594. The first-order chi connectivity index (χ1) is 10.6. The first-order valence-corrected chi connectivity index (χ1v) is 7.99. The molecule has 0 aliphatic rings. The molecule has 3 rings (SSSR count). The molecule has 0 spiro atoms. The van der Waals surface area contributed by atoms with E-state index in [0.717, 1.165) is 0 Å². The van der Waals surface area contributed by atoms with E-state index in [1.165, 1.54) is 35.7 Å². The van der Waals surface area contributed by atoms with Crippen LogP contribution in [0.2, 0.25) is 5.02 Å². The van der Waals surface area contributed by atoms with Gasteiger partial charge in [-0.05, 0) is 24.3 Å². The molecule has 1 N–H and O–H groups in total. The molecule has 0 bridgehead atoms. The molecule has 0 saturated carbocycles. The average molecular weight is 336 g/mol. The second-order valence-corrected chi connectivity index (χ2v) is 6.34. The minimum atomic E-state index is -3.82. The van der Waals surface area contributed by atoms with Gasteiger partial charge in [0.05, 0.1) is 12.4 Å².